The van der Waals surface area contributed by atoms with E-state index in [1.54, 1.807) is 6.07 Å². The number of likely N-dealkylation sites (tertiary alicyclic amines) is 1. The third-order valence-electron chi connectivity index (χ3n) is 3.87. The number of nitrogens with one attached hydrogen (secondary N) is 1. The van der Waals surface area contributed by atoms with E-state index in [9.17, 15) is 9.18 Å². The van der Waals surface area contributed by atoms with E-state index in [2.05, 4.69) is 21.2 Å². The summed E-state index contributed by atoms with van der Waals surface area (Å²) in [6, 6.07) is 4.22. The van der Waals surface area contributed by atoms with E-state index in [1.807, 2.05) is 11.9 Å². The lowest BCUT2D eigenvalue weighted by Gasteiger charge is -2.32. The molecule has 118 valence electrons. The minimum atomic E-state index is -0.334. The molecule has 1 fully saturated rings. The van der Waals surface area contributed by atoms with Crippen LogP contribution in [0.5, 0.6) is 0 Å². The van der Waals surface area contributed by atoms with Crippen LogP contribution in [0, 0.1) is 11.7 Å². The zero-order valence-electron chi connectivity index (χ0n) is 12.1. The quantitative estimate of drug-likeness (QED) is 0.869. The van der Waals surface area contributed by atoms with Gasteiger partial charge in [0.05, 0.1) is 5.56 Å². The van der Waals surface area contributed by atoms with Gasteiger partial charge >= 0.3 is 0 Å². The lowest BCUT2D eigenvalue weighted by Crippen LogP contribution is -2.39. The summed E-state index contributed by atoms with van der Waals surface area (Å²) in [4.78, 5) is 14.3. The second-order valence-electron chi connectivity index (χ2n) is 5.25. The first-order chi connectivity index (χ1) is 9.61. The molecule has 1 aliphatic rings. The van der Waals surface area contributed by atoms with Crippen molar-refractivity contribution in [3.05, 3.63) is 34.1 Å². The van der Waals surface area contributed by atoms with Crippen LogP contribution in [0.2, 0.25) is 0 Å². The molecule has 2 rings (SSSR count). The Kier molecular flexibility index (Phi) is 7.63. The third-order valence-corrected chi connectivity index (χ3v) is 4.52. The minimum absolute atomic E-state index is 0. The number of carbonyl (C=O) groups is 1. The molecule has 0 unspecified atom stereocenters. The highest BCUT2D eigenvalue weighted by Gasteiger charge is 2.24. The number of nitrogens with zero attached hydrogens (tertiary/aromatic N) is 1. The number of amides is 1. The zero-order chi connectivity index (χ0) is 14.5. The van der Waals surface area contributed by atoms with Crippen LogP contribution in [0.4, 0.5) is 4.39 Å². The molecule has 0 saturated carbocycles. The molecule has 1 amide bonds. The van der Waals surface area contributed by atoms with Crippen molar-refractivity contribution >= 4 is 34.2 Å². The Morgan fingerprint density at radius 3 is 2.67 bits per heavy atom. The third kappa shape index (κ3) is 4.94. The first-order valence-corrected chi connectivity index (χ1v) is 7.80. The van der Waals surface area contributed by atoms with Gasteiger partial charge in [-0.25, -0.2) is 4.39 Å². The summed E-state index contributed by atoms with van der Waals surface area (Å²) >= 11 is 3.26. The van der Waals surface area contributed by atoms with E-state index >= 15 is 0 Å². The normalized spacial score (nSPS) is 15.7. The van der Waals surface area contributed by atoms with Crippen molar-refractivity contribution in [3.63, 3.8) is 0 Å². The van der Waals surface area contributed by atoms with E-state index in [1.165, 1.54) is 18.6 Å². The summed E-state index contributed by atoms with van der Waals surface area (Å²) in [7, 11) is 1.96. The zero-order valence-corrected chi connectivity index (χ0v) is 14.5. The Labute approximate surface area is 139 Å². The molecular formula is C15H21BrClFN2O. The number of rotatable bonds is 4. The molecule has 3 nitrogen and oxygen atoms in total. The molecule has 1 saturated heterocycles. The van der Waals surface area contributed by atoms with E-state index in [4.69, 9.17) is 0 Å². The Bertz CT molecular complexity index is 479. The van der Waals surface area contributed by atoms with Gasteiger partial charge in [0.15, 0.2) is 0 Å². The summed E-state index contributed by atoms with van der Waals surface area (Å²) in [5.74, 6) is 0.353. The van der Waals surface area contributed by atoms with Crippen molar-refractivity contribution in [2.75, 3.05) is 26.7 Å². The molecule has 1 N–H and O–H groups in total. The Morgan fingerprint density at radius 2 is 2.10 bits per heavy atom. The molecular weight excluding hydrogens is 359 g/mol. The van der Waals surface area contributed by atoms with Crippen LogP contribution in [0.15, 0.2) is 22.7 Å². The van der Waals surface area contributed by atoms with Gasteiger partial charge in [0.2, 0.25) is 0 Å². The molecule has 1 aromatic rings. The van der Waals surface area contributed by atoms with Crippen LogP contribution >= 0.6 is 28.3 Å². The average molecular weight is 380 g/mol. The Hall–Kier alpha value is -0.650. The second-order valence-corrected chi connectivity index (χ2v) is 6.11. The highest BCUT2D eigenvalue weighted by atomic mass is 79.9. The fourth-order valence-corrected chi connectivity index (χ4v) is 3.13. The van der Waals surface area contributed by atoms with Gasteiger partial charge < -0.3 is 10.2 Å². The molecule has 1 aliphatic heterocycles. The lowest BCUT2D eigenvalue weighted by molar-refractivity contribution is 0.0686. The molecule has 0 atom stereocenters. The maximum atomic E-state index is 13.1. The predicted molar refractivity (Wildman–Crippen MR) is 88.5 cm³/mol. The molecule has 0 bridgehead atoms. The van der Waals surface area contributed by atoms with Crippen LogP contribution in [0.1, 0.15) is 29.6 Å². The molecule has 0 radical (unpaired) electrons. The largest absolute Gasteiger partial charge is 0.339 e. The van der Waals surface area contributed by atoms with Crippen LogP contribution in [0.25, 0.3) is 0 Å². The van der Waals surface area contributed by atoms with E-state index in [0.29, 0.717) is 16.0 Å². The van der Waals surface area contributed by atoms with Crippen molar-refractivity contribution < 1.29 is 9.18 Å². The molecule has 1 aromatic carbocycles. The predicted octanol–water partition coefficient (Wildman–Crippen LogP) is 3.47. The lowest BCUT2D eigenvalue weighted by atomic mass is 9.93. The smallest absolute Gasteiger partial charge is 0.255 e. The highest BCUT2D eigenvalue weighted by Crippen LogP contribution is 2.24. The first-order valence-electron chi connectivity index (χ1n) is 7.00. The van der Waals surface area contributed by atoms with E-state index in [0.717, 1.165) is 32.5 Å². The molecule has 0 aliphatic carbocycles. The van der Waals surface area contributed by atoms with Crippen molar-refractivity contribution in [1.82, 2.24) is 10.2 Å². The van der Waals surface area contributed by atoms with Crippen LogP contribution in [-0.4, -0.2) is 37.5 Å². The highest BCUT2D eigenvalue weighted by molar-refractivity contribution is 9.10. The van der Waals surface area contributed by atoms with Gasteiger partial charge in [-0.15, -0.1) is 12.4 Å². The fourth-order valence-electron chi connectivity index (χ4n) is 2.61. The number of halogens is 3. The summed E-state index contributed by atoms with van der Waals surface area (Å²) in [5, 5.41) is 3.17. The number of benzene rings is 1. The standard InChI is InChI=1S/C15H20BrFN2O.ClH/c1-18-7-4-11-5-8-19(9-6-11)15(20)13-3-2-12(17)10-14(13)16;/h2-3,10-11,18H,4-9H2,1H3;1H. The van der Waals surface area contributed by atoms with Gasteiger partial charge in [0, 0.05) is 17.6 Å². The maximum Gasteiger partial charge on any atom is 0.255 e. The van der Waals surface area contributed by atoms with Gasteiger partial charge in [-0.3, -0.25) is 4.79 Å². The number of piperidine rings is 1. The molecule has 1 heterocycles. The maximum absolute atomic E-state index is 13.1. The second kappa shape index (κ2) is 8.71. The van der Waals surface area contributed by atoms with E-state index in [-0.39, 0.29) is 24.1 Å². The minimum Gasteiger partial charge on any atom is -0.339 e. The van der Waals surface area contributed by atoms with Crippen molar-refractivity contribution in [2.24, 2.45) is 5.92 Å². The molecule has 0 spiro atoms. The fraction of sp³-hybridized carbons (Fsp3) is 0.533. The van der Waals surface area contributed by atoms with Gasteiger partial charge in [-0.05, 0) is 72.9 Å². The van der Waals surface area contributed by atoms with Gasteiger partial charge in [-0.1, -0.05) is 0 Å². The van der Waals surface area contributed by atoms with Crippen LogP contribution in [0.3, 0.4) is 0 Å². The number of carbonyl (C=O) groups excluding carboxylic acids is 1. The summed E-state index contributed by atoms with van der Waals surface area (Å²) in [5.41, 5.74) is 0.542. The first kappa shape index (κ1) is 18.4. The number of hydrogen-bond donors (Lipinski definition) is 1. The van der Waals surface area contributed by atoms with Gasteiger partial charge in [0.1, 0.15) is 5.82 Å². The Morgan fingerprint density at radius 1 is 1.43 bits per heavy atom. The van der Waals surface area contributed by atoms with E-state index < -0.39 is 0 Å². The summed E-state index contributed by atoms with van der Waals surface area (Å²) in [6.45, 7) is 2.61. The van der Waals surface area contributed by atoms with Gasteiger partial charge in [-0.2, -0.15) is 0 Å². The summed E-state index contributed by atoms with van der Waals surface area (Å²) in [6.07, 6.45) is 3.26. The molecule has 0 aromatic heterocycles. The van der Waals surface area contributed by atoms with Crippen molar-refractivity contribution in [3.8, 4) is 0 Å². The number of hydrogen-bond acceptors (Lipinski definition) is 2. The topological polar surface area (TPSA) is 32.3 Å². The Balaban J connectivity index is 0.00000220. The molecule has 21 heavy (non-hydrogen) atoms. The van der Waals surface area contributed by atoms with Crippen LogP contribution < -0.4 is 5.32 Å². The summed E-state index contributed by atoms with van der Waals surface area (Å²) < 4.78 is 13.6. The monoisotopic (exact) mass is 378 g/mol. The van der Waals surface area contributed by atoms with Crippen LogP contribution in [-0.2, 0) is 0 Å². The van der Waals surface area contributed by atoms with Crippen molar-refractivity contribution in [1.29, 1.82) is 0 Å². The molecule has 6 heteroatoms. The SMILES string of the molecule is CNCCC1CCN(C(=O)c2ccc(F)cc2Br)CC1.Cl. The van der Waals surface area contributed by atoms with Gasteiger partial charge in [0.25, 0.3) is 5.91 Å². The average Bonchev–Trinajstić information content (AvgIpc) is 2.45. The van der Waals surface area contributed by atoms with Crippen molar-refractivity contribution in [2.45, 2.75) is 19.3 Å².